The number of aromatic nitrogens is 1. The molecule has 1 aromatic heterocycles. The Morgan fingerprint density at radius 2 is 1.77 bits per heavy atom. The van der Waals surface area contributed by atoms with E-state index in [-0.39, 0.29) is 17.5 Å². The Kier molecular flexibility index (Phi) is 4.96. The molecule has 0 amide bonds. The second-order valence-electron chi connectivity index (χ2n) is 7.37. The number of ketones is 1. The zero-order chi connectivity index (χ0) is 21.5. The molecule has 0 bridgehead atoms. The first-order chi connectivity index (χ1) is 15.1. The molecule has 2 heterocycles. The van der Waals surface area contributed by atoms with Crippen molar-refractivity contribution in [2.45, 2.75) is 12.2 Å². The number of carbonyl (C=O) groups excluding carboxylic acids is 1. The Hall–Kier alpha value is -3.22. The molecule has 5 nitrogen and oxygen atoms in total. The summed E-state index contributed by atoms with van der Waals surface area (Å²) in [4.78, 5) is 29.4. The topological polar surface area (TPSA) is 71.7 Å². The summed E-state index contributed by atoms with van der Waals surface area (Å²) >= 11 is 3.50. The number of aromatic amines is 1. The van der Waals surface area contributed by atoms with Crippen LogP contribution in [-0.2, 0) is 4.74 Å². The first kappa shape index (κ1) is 19.7. The average molecular weight is 476 g/mol. The van der Waals surface area contributed by atoms with E-state index >= 15 is 0 Å². The van der Waals surface area contributed by atoms with Crippen LogP contribution in [0.1, 0.15) is 22.0 Å². The molecule has 1 N–H and O–H groups in total. The van der Waals surface area contributed by atoms with E-state index in [4.69, 9.17) is 9.47 Å². The van der Waals surface area contributed by atoms with Crippen molar-refractivity contribution in [2.24, 2.45) is 0 Å². The van der Waals surface area contributed by atoms with Gasteiger partial charge in [-0.05, 0) is 41.5 Å². The fourth-order valence-corrected chi connectivity index (χ4v) is 4.27. The third kappa shape index (κ3) is 3.58. The summed E-state index contributed by atoms with van der Waals surface area (Å²) in [6, 6.07) is 22.5. The predicted octanol–water partition coefficient (Wildman–Crippen LogP) is 5.29. The summed E-state index contributed by atoms with van der Waals surface area (Å²) < 4.78 is 11.8. The number of pyridine rings is 1. The molecule has 6 heteroatoms. The highest BCUT2D eigenvalue weighted by molar-refractivity contribution is 9.10. The van der Waals surface area contributed by atoms with Gasteiger partial charge in [0, 0.05) is 20.9 Å². The fraction of sp³-hybridized carbons (Fsp3) is 0.120. The number of Topliss-reactive ketones (excluding diaryl/α,β-unsaturated/α-hetero) is 1. The summed E-state index contributed by atoms with van der Waals surface area (Å²) in [5.41, 5.74) is 2.68. The molecule has 0 unspecified atom stereocenters. The van der Waals surface area contributed by atoms with Crippen LogP contribution in [0, 0.1) is 0 Å². The number of carbonyl (C=O) groups is 1. The summed E-state index contributed by atoms with van der Waals surface area (Å²) in [7, 11) is 1.60. The number of benzene rings is 3. The van der Waals surface area contributed by atoms with Gasteiger partial charge in [-0.3, -0.25) is 9.59 Å². The van der Waals surface area contributed by atoms with E-state index < -0.39 is 11.7 Å². The number of ether oxygens (including phenoxy) is 2. The van der Waals surface area contributed by atoms with Crippen molar-refractivity contribution in [1.82, 2.24) is 4.98 Å². The largest absolute Gasteiger partial charge is 0.497 e. The maximum atomic E-state index is 13.5. The van der Waals surface area contributed by atoms with E-state index in [0.717, 1.165) is 26.7 Å². The lowest BCUT2D eigenvalue weighted by molar-refractivity contribution is 0.0953. The Bertz CT molecular complexity index is 1350. The van der Waals surface area contributed by atoms with Crippen LogP contribution in [-0.4, -0.2) is 24.0 Å². The highest BCUT2D eigenvalue weighted by atomic mass is 79.9. The number of rotatable bonds is 5. The molecule has 0 radical (unpaired) electrons. The average Bonchev–Trinajstić information content (AvgIpc) is 3.60. The molecule has 1 fully saturated rings. The number of halogens is 1. The highest BCUT2D eigenvalue weighted by Crippen LogP contribution is 2.42. The van der Waals surface area contributed by atoms with E-state index in [1.165, 1.54) is 0 Å². The van der Waals surface area contributed by atoms with E-state index in [1.54, 1.807) is 7.11 Å². The van der Waals surface area contributed by atoms with Gasteiger partial charge in [-0.1, -0.05) is 58.4 Å². The van der Waals surface area contributed by atoms with Gasteiger partial charge in [0.25, 0.3) is 5.56 Å². The molecule has 0 saturated carbocycles. The second-order valence-corrected chi connectivity index (χ2v) is 8.29. The smallest absolute Gasteiger partial charge is 0.260 e. The SMILES string of the molecule is COc1ccc([C@@H]2O[C@H]2C(=O)c2c(-c3ccccc3)c3cc(Br)ccc3[nH]c2=O)cc1. The van der Waals surface area contributed by atoms with Gasteiger partial charge in [0.15, 0.2) is 6.10 Å². The van der Waals surface area contributed by atoms with Crippen molar-refractivity contribution in [3.63, 3.8) is 0 Å². The van der Waals surface area contributed by atoms with E-state index in [2.05, 4.69) is 20.9 Å². The number of methoxy groups -OCH3 is 1. The third-order valence-corrected chi connectivity index (χ3v) is 5.97. The predicted molar refractivity (Wildman–Crippen MR) is 123 cm³/mol. The van der Waals surface area contributed by atoms with Crippen LogP contribution in [0.3, 0.4) is 0 Å². The fourth-order valence-electron chi connectivity index (χ4n) is 3.91. The maximum absolute atomic E-state index is 13.5. The summed E-state index contributed by atoms with van der Waals surface area (Å²) in [5, 5.41) is 0.796. The molecular weight excluding hydrogens is 458 g/mol. The molecule has 31 heavy (non-hydrogen) atoms. The minimum Gasteiger partial charge on any atom is -0.497 e. The van der Waals surface area contributed by atoms with Gasteiger partial charge in [-0.2, -0.15) is 0 Å². The minimum atomic E-state index is -0.693. The lowest BCUT2D eigenvalue weighted by atomic mass is 9.92. The van der Waals surface area contributed by atoms with Gasteiger partial charge >= 0.3 is 0 Å². The molecule has 4 aromatic rings. The van der Waals surface area contributed by atoms with Crippen LogP contribution in [0.15, 0.2) is 82.1 Å². The van der Waals surface area contributed by atoms with Crippen LogP contribution < -0.4 is 10.3 Å². The number of fused-ring (bicyclic) bond motifs is 1. The van der Waals surface area contributed by atoms with E-state index in [0.29, 0.717) is 11.1 Å². The van der Waals surface area contributed by atoms with Crippen molar-refractivity contribution in [3.8, 4) is 16.9 Å². The van der Waals surface area contributed by atoms with Crippen LogP contribution >= 0.6 is 15.9 Å². The van der Waals surface area contributed by atoms with Crippen LogP contribution in [0.25, 0.3) is 22.0 Å². The number of H-pyrrole nitrogens is 1. The van der Waals surface area contributed by atoms with Crippen molar-refractivity contribution < 1.29 is 14.3 Å². The van der Waals surface area contributed by atoms with E-state index in [1.807, 2.05) is 72.8 Å². The third-order valence-electron chi connectivity index (χ3n) is 5.48. The summed E-state index contributed by atoms with van der Waals surface area (Å²) in [5.74, 6) is 0.415. The van der Waals surface area contributed by atoms with Crippen molar-refractivity contribution >= 4 is 32.6 Å². The lowest BCUT2D eigenvalue weighted by Crippen LogP contribution is -2.23. The van der Waals surface area contributed by atoms with Gasteiger partial charge in [0.2, 0.25) is 5.78 Å². The molecule has 2 atom stereocenters. The van der Waals surface area contributed by atoms with Crippen LogP contribution in [0.5, 0.6) is 5.75 Å². The van der Waals surface area contributed by atoms with Crippen molar-refractivity contribution in [2.75, 3.05) is 7.11 Å². The maximum Gasteiger partial charge on any atom is 0.260 e. The van der Waals surface area contributed by atoms with Crippen molar-refractivity contribution in [1.29, 1.82) is 0 Å². The zero-order valence-electron chi connectivity index (χ0n) is 16.6. The van der Waals surface area contributed by atoms with Gasteiger partial charge in [0.1, 0.15) is 11.9 Å². The first-order valence-electron chi connectivity index (χ1n) is 9.81. The quantitative estimate of drug-likeness (QED) is 0.314. The molecule has 3 aromatic carbocycles. The molecule has 0 aliphatic carbocycles. The van der Waals surface area contributed by atoms with E-state index in [9.17, 15) is 9.59 Å². The minimum absolute atomic E-state index is 0.123. The Labute approximate surface area is 186 Å². The zero-order valence-corrected chi connectivity index (χ0v) is 18.2. The molecular formula is C25H18BrNO4. The first-order valence-corrected chi connectivity index (χ1v) is 10.6. The molecule has 1 saturated heterocycles. The van der Waals surface area contributed by atoms with Gasteiger partial charge in [-0.25, -0.2) is 0 Å². The highest BCUT2D eigenvalue weighted by Gasteiger charge is 2.47. The molecule has 0 spiro atoms. The Morgan fingerprint density at radius 3 is 2.48 bits per heavy atom. The number of hydrogen-bond donors (Lipinski definition) is 1. The second kappa shape index (κ2) is 7.80. The van der Waals surface area contributed by atoms with Crippen LogP contribution in [0.4, 0.5) is 0 Å². The summed E-state index contributed by atoms with van der Waals surface area (Å²) in [6.07, 6.45) is -1.07. The molecule has 154 valence electrons. The number of epoxide rings is 1. The summed E-state index contributed by atoms with van der Waals surface area (Å²) in [6.45, 7) is 0. The van der Waals surface area contributed by atoms with Crippen molar-refractivity contribution in [3.05, 3.63) is 98.7 Å². The van der Waals surface area contributed by atoms with Gasteiger partial charge < -0.3 is 14.5 Å². The van der Waals surface area contributed by atoms with Gasteiger partial charge in [0.05, 0.1) is 12.7 Å². The Morgan fingerprint density at radius 1 is 1.03 bits per heavy atom. The number of hydrogen-bond acceptors (Lipinski definition) is 4. The molecule has 1 aliphatic heterocycles. The molecule has 1 aliphatic rings. The molecule has 5 rings (SSSR count). The lowest BCUT2D eigenvalue weighted by Gasteiger charge is -2.12. The van der Waals surface area contributed by atoms with Crippen LogP contribution in [0.2, 0.25) is 0 Å². The monoisotopic (exact) mass is 475 g/mol. The number of nitrogens with one attached hydrogen (secondary N) is 1. The Balaban J connectivity index is 1.62. The normalized spacial score (nSPS) is 17.5. The van der Waals surface area contributed by atoms with Gasteiger partial charge in [-0.15, -0.1) is 0 Å². The standard InChI is InChI=1S/C25H18BrNO4/c1-30-17-10-7-15(8-11-17)23-24(31-23)22(28)21-20(14-5-3-2-4-6-14)18-13-16(26)9-12-19(18)27-25(21)29/h2-13,23-24H,1H3,(H,27,29)/t23-,24-/m0/s1.